The lowest BCUT2D eigenvalue weighted by molar-refractivity contribution is -0.109. The average Bonchev–Trinajstić information content (AvgIpc) is 2.47. The van der Waals surface area contributed by atoms with Crippen LogP contribution in [0.2, 0.25) is 0 Å². The van der Waals surface area contributed by atoms with Gasteiger partial charge in [-0.3, -0.25) is 0 Å². The van der Waals surface area contributed by atoms with Crippen LogP contribution < -0.4 is 4.74 Å². The van der Waals surface area contributed by atoms with Gasteiger partial charge in [-0.25, -0.2) is 4.39 Å². The standard InChI is InChI=1S/C15H12BrFO2/c1-19-14-8-4-12(5-9-14)15(16,10-18)11-2-6-13(17)7-3-11/h2-10H,1H3. The molecular formula is C15H12BrFO2. The molecule has 0 aliphatic carbocycles. The van der Waals surface area contributed by atoms with Crippen molar-refractivity contribution in [3.8, 4) is 5.75 Å². The van der Waals surface area contributed by atoms with Crippen molar-refractivity contribution in [2.45, 2.75) is 4.32 Å². The fourth-order valence-corrected chi connectivity index (χ4v) is 2.36. The molecule has 1 atom stereocenters. The van der Waals surface area contributed by atoms with Gasteiger partial charge in [0.2, 0.25) is 0 Å². The van der Waals surface area contributed by atoms with Crippen molar-refractivity contribution in [1.82, 2.24) is 0 Å². The molecule has 0 aliphatic heterocycles. The Labute approximate surface area is 119 Å². The van der Waals surface area contributed by atoms with Gasteiger partial charge in [0.15, 0.2) is 0 Å². The number of aldehydes is 1. The van der Waals surface area contributed by atoms with Crippen LogP contribution in [0.3, 0.4) is 0 Å². The number of ether oxygens (including phenoxy) is 1. The maximum absolute atomic E-state index is 13.0. The largest absolute Gasteiger partial charge is 0.497 e. The highest BCUT2D eigenvalue weighted by atomic mass is 79.9. The molecule has 0 aromatic heterocycles. The topological polar surface area (TPSA) is 26.3 Å². The van der Waals surface area contributed by atoms with Crippen LogP contribution in [-0.2, 0) is 9.12 Å². The second-order valence-corrected chi connectivity index (χ2v) is 5.32. The summed E-state index contributed by atoms with van der Waals surface area (Å²) in [7, 11) is 1.58. The van der Waals surface area contributed by atoms with Crippen LogP contribution in [-0.4, -0.2) is 13.4 Å². The number of carbonyl (C=O) groups excluding carboxylic acids is 1. The molecule has 0 aliphatic rings. The Bertz CT molecular complexity index is 566. The summed E-state index contributed by atoms with van der Waals surface area (Å²) in [4.78, 5) is 11.5. The molecule has 0 amide bonds. The number of rotatable bonds is 4. The van der Waals surface area contributed by atoms with Crippen LogP contribution in [0.25, 0.3) is 0 Å². The van der Waals surface area contributed by atoms with Crippen LogP contribution in [0.4, 0.5) is 4.39 Å². The van der Waals surface area contributed by atoms with Gasteiger partial charge in [0.1, 0.15) is 22.2 Å². The summed E-state index contributed by atoms with van der Waals surface area (Å²) < 4.78 is 17.1. The molecule has 2 nitrogen and oxygen atoms in total. The van der Waals surface area contributed by atoms with Gasteiger partial charge in [-0.15, -0.1) is 0 Å². The van der Waals surface area contributed by atoms with E-state index >= 15 is 0 Å². The van der Waals surface area contributed by atoms with E-state index in [4.69, 9.17) is 4.74 Å². The molecule has 0 radical (unpaired) electrons. The van der Waals surface area contributed by atoms with Crippen molar-refractivity contribution >= 4 is 22.2 Å². The Morgan fingerprint density at radius 1 is 1.05 bits per heavy atom. The Morgan fingerprint density at radius 2 is 1.53 bits per heavy atom. The smallest absolute Gasteiger partial charge is 0.145 e. The number of methoxy groups -OCH3 is 1. The van der Waals surface area contributed by atoms with Gasteiger partial charge in [-0.1, -0.05) is 40.2 Å². The first kappa shape index (κ1) is 13.7. The molecule has 4 heteroatoms. The van der Waals surface area contributed by atoms with Gasteiger partial charge in [0, 0.05) is 0 Å². The first-order valence-electron chi connectivity index (χ1n) is 5.66. The lowest BCUT2D eigenvalue weighted by atomic mass is 9.92. The second kappa shape index (κ2) is 5.53. The highest BCUT2D eigenvalue weighted by Gasteiger charge is 2.30. The van der Waals surface area contributed by atoms with E-state index in [1.807, 2.05) is 0 Å². The van der Waals surface area contributed by atoms with Gasteiger partial charge in [0.25, 0.3) is 0 Å². The van der Waals surface area contributed by atoms with E-state index in [2.05, 4.69) is 15.9 Å². The molecule has 19 heavy (non-hydrogen) atoms. The SMILES string of the molecule is COc1ccc(C(Br)(C=O)c2ccc(F)cc2)cc1. The number of hydrogen-bond donors (Lipinski definition) is 0. The Morgan fingerprint density at radius 3 is 1.95 bits per heavy atom. The van der Waals surface area contributed by atoms with E-state index in [1.54, 1.807) is 43.5 Å². The van der Waals surface area contributed by atoms with E-state index in [-0.39, 0.29) is 5.82 Å². The van der Waals surface area contributed by atoms with Crippen LogP contribution in [0.15, 0.2) is 48.5 Å². The summed E-state index contributed by atoms with van der Waals surface area (Å²) in [5, 5.41) is 0. The summed E-state index contributed by atoms with van der Waals surface area (Å²) in [6.45, 7) is 0. The molecule has 2 rings (SSSR count). The van der Waals surface area contributed by atoms with Crippen molar-refractivity contribution in [2.75, 3.05) is 7.11 Å². The minimum absolute atomic E-state index is 0.334. The Kier molecular flexibility index (Phi) is 4.00. The molecule has 0 bridgehead atoms. The summed E-state index contributed by atoms with van der Waals surface area (Å²) in [6, 6.07) is 13.0. The molecular weight excluding hydrogens is 311 g/mol. The second-order valence-electron chi connectivity index (χ2n) is 4.07. The van der Waals surface area contributed by atoms with E-state index in [1.165, 1.54) is 12.1 Å². The van der Waals surface area contributed by atoms with Gasteiger partial charge in [-0.2, -0.15) is 0 Å². The monoisotopic (exact) mass is 322 g/mol. The number of hydrogen-bond acceptors (Lipinski definition) is 2. The molecule has 1 unspecified atom stereocenters. The van der Waals surface area contributed by atoms with Crippen molar-refractivity contribution in [1.29, 1.82) is 0 Å². The predicted octanol–water partition coefficient (Wildman–Crippen LogP) is 3.67. The van der Waals surface area contributed by atoms with Gasteiger partial charge >= 0.3 is 0 Å². The maximum Gasteiger partial charge on any atom is 0.145 e. The van der Waals surface area contributed by atoms with Crippen molar-refractivity contribution in [3.63, 3.8) is 0 Å². The molecule has 0 fully saturated rings. The lowest BCUT2D eigenvalue weighted by Crippen LogP contribution is -2.21. The van der Waals surface area contributed by atoms with Crippen LogP contribution in [0.1, 0.15) is 11.1 Å². The third-order valence-corrected chi connectivity index (χ3v) is 4.04. The van der Waals surface area contributed by atoms with Crippen molar-refractivity contribution in [2.24, 2.45) is 0 Å². The number of benzene rings is 2. The van der Waals surface area contributed by atoms with Crippen LogP contribution >= 0.6 is 15.9 Å². The van der Waals surface area contributed by atoms with Crippen LogP contribution in [0.5, 0.6) is 5.75 Å². The number of carbonyl (C=O) groups is 1. The van der Waals surface area contributed by atoms with E-state index in [0.29, 0.717) is 11.3 Å². The number of alkyl halides is 1. The van der Waals surface area contributed by atoms with Gasteiger partial charge in [-0.05, 0) is 35.4 Å². The molecule has 0 heterocycles. The fraction of sp³-hybridized carbons (Fsp3) is 0.133. The summed E-state index contributed by atoms with van der Waals surface area (Å²) in [5.74, 6) is 0.378. The maximum atomic E-state index is 13.0. The molecule has 2 aromatic carbocycles. The molecule has 98 valence electrons. The highest BCUT2D eigenvalue weighted by molar-refractivity contribution is 9.10. The summed E-state index contributed by atoms with van der Waals surface area (Å²) >= 11 is 3.44. The van der Waals surface area contributed by atoms with Crippen molar-refractivity contribution in [3.05, 3.63) is 65.5 Å². The first-order valence-corrected chi connectivity index (χ1v) is 6.45. The molecule has 0 saturated carbocycles. The third-order valence-electron chi connectivity index (χ3n) is 2.94. The normalized spacial score (nSPS) is 13.6. The van der Waals surface area contributed by atoms with Gasteiger partial charge < -0.3 is 9.53 Å². The zero-order valence-electron chi connectivity index (χ0n) is 10.3. The van der Waals surface area contributed by atoms with Crippen molar-refractivity contribution < 1.29 is 13.9 Å². The Hall–Kier alpha value is -1.68. The quantitative estimate of drug-likeness (QED) is 0.634. The fourth-order valence-electron chi connectivity index (χ4n) is 1.83. The molecule has 0 saturated heterocycles. The summed E-state index contributed by atoms with van der Waals surface area (Å²) in [5.41, 5.74) is 1.43. The number of halogens is 2. The molecule has 0 N–H and O–H groups in total. The predicted molar refractivity (Wildman–Crippen MR) is 75.2 cm³/mol. The zero-order valence-corrected chi connectivity index (χ0v) is 11.9. The van der Waals surface area contributed by atoms with Gasteiger partial charge in [0.05, 0.1) is 7.11 Å². The lowest BCUT2D eigenvalue weighted by Gasteiger charge is -2.22. The van der Waals surface area contributed by atoms with E-state index in [0.717, 1.165) is 11.8 Å². The Balaban J connectivity index is 2.46. The average molecular weight is 323 g/mol. The molecule has 2 aromatic rings. The minimum atomic E-state index is -0.979. The highest BCUT2D eigenvalue weighted by Crippen LogP contribution is 2.37. The minimum Gasteiger partial charge on any atom is -0.497 e. The van der Waals surface area contributed by atoms with E-state index in [9.17, 15) is 9.18 Å². The molecule has 0 spiro atoms. The zero-order chi connectivity index (χ0) is 13.9. The first-order chi connectivity index (χ1) is 9.10. The van der Waals surface area contributed by atoms with E-state index < -0.39 is 4.32 Å². The van der Waals surface area contributed by atoms with Crippen LogP contribution in [0, 0.1) is 5.82 Å². The third kappa shape index (κ3) is 2.68. The summed E-state index contributed by atoms with van der Waals surface area (Å²) in [6.07, 6.45) is 0.794.